The summed E-state index contributed by atoms with van der Waals surface area (Å²) in [5.74, 6) is -0.187. The first-order valence-electron chi connectivity index (χ1n) is 6.23. The molecular weight excluding hydrogens is 252 g/mol. The van der Waals surface area contributed by atoms with Crippen LogP contribution in [0, 0.1) is 0 Å². The highest BCUT2D eigenvalue weighted by molar-refractivity contribution is 6.04. The van der Waals surface area contributed by atoms with Crippen LogP contribution in [0.1, 0.15) is 15.9 Å². The smallest absolute Gasteiger partial charge is 0.255 e. The highest BCUT2D eigenvalue weighted by atomic mass is 16.2. The zero-order valence-corrected chi connectivity index (χ0v) is 10.9. The van der Waals surface area contributed by atoms with Crippen LogP contribution in [0.4, 0.5) is 11.4 Å². The lowest BCUT2D eigenvalue weighted by atomic mass is 10.1. The number of amides is 1. The van der Waals surface area contributed by atoms with Gasteiger partial charge in [0.1, 0.15) is 0 Å². The second-order valence-electron chi connectivity index (χ2n) is 4.29. The minimum absolute atomic E-state index is 0.0119. The molecule has 0 bridgehead atoms. The third-order valence-electron chi connectivity index (χ3n) is 2.73. The molecule has 0 heterocycles. The minimum Gasteiger partial charge on any atom is -0.399 e. The van der Waals surface area contributed by atoms with Crippen molar-refractivity contribution in [3.05, 3.63) is 65.7 Å². The van der Waals surface area contributed by atoms with Gasteiger partial charge in [-0.05, 0) is 42.0 Å². The van der Waals surface area contributed by atoms with Crippen molar-refractivity contribution in [2.24, 2.45) is 0 Å². The molecule has 0 saturated heterocycles. The molecule has 0 aliphatic carbocycles. The van der Waals surface area contributed by atoms with Crippen molar-refractivity contribution in [3.63, 3.8) is 0 Å². The quantitative estimate of drug-likeness (QED) is 0.746. The van der Waals surface area contributed by atoms with E-state index in [9.17, 15) is 4.79 Å². The summed E-state index contributed by atoms with van der Waals surface area (Å²) in [6.07, 6.45) is 3.43. The molecule has 4 N–H and O–H groups in total. The number of benzene rings is 2. The first-order valence-corrected chi connectivity index (χ1v) is 6.23. The van der Waals surface area contributed by atoms with Crippen LogP contribution >= 0.6 is 0 Å². The molecule has 102 valence electrons. The Morgan fingerprint density at radius 2 is 1.95 bits per heavy atom. The molecule has 0 aliphatic heterocycles. The van der Waals surface area contributed by atoms with Crippen LogP contribution in [0.2, 0.25) is 0 Å². The molecule has 2 aromatic carbocycles. The molecule has 4 nitrogen and oxygen atoms in total. The fraction of sp³-hybridized carbons (Fsp3) is 0.0625. The molecule has 0 aromatic heterocycles. The molecule has 2 aromatic rings. The van der Waals surface area contributed by atoms with Crippen LogP contribution in [0.3, 0.4) is 0 Å². The topological polar surface area (TPSA) is 75.4 Å². The molecule has 1 amide bonds. The van der Waals surface area contributed by atoms with Gasteiger partial charge in [-0.3, -0.25) is 4.79 Å². The summed E-state index contributed by atoms with van der Waals surface area (Å²) in [4.78, 5) is 12.0. The number of nitrogen functional groups attached to an aromatic ring is 1. The number of nitrogens with two attached hydrogens (primary N) is 1. The maximum Gasteiger partial charge on any atom is 0.255 e. The number of aliphatic hydroxyl groups is 1. The Bertz CT molecular complexity index is 619. The van der Waals surface area contributed by atoms with Crippen molar-refractivity contribution in [3.8, 4) is 0 Å². The number of aliphatic hydroxyl groups excluding tert-OH is 1. The maximum atomic E-state index is 12.0. The third-order valence-corrected chi connectivity index (χ3v) is 2.73. The van der Waals surface area contributed by atoms with E-state index in [2.05, 4.69) is 5.32 Å². The summed E-state index contributed by atoms with van der Waals surface area (Å²) in [6, 6.07) is 14.1. The van der Waals surface area contributed by atoms with Crippen LogP contribution in [-0.2, 0) is 0 Å². The summed E-state index contributed by atoms with van der Waals surface area (Å²) < 4.78 is 0. The van der Waals surface area contributed by atoms with E-state index in [-0.39, 0.29) is 12.5 Å². The fourth-order valence-corrected chi connectivity index (χ4v) is 1.75. The number of anilines is 2. The Kier molecular flexibility index (Phi) is 4.52. The van der Waals surface area contributed by atoms with Crippen molar-refractivity contribution in [2.45, 2.75) is 0 Å². The SMILES string of the molecule is Nc1ccc(C(=O)Nc2cccc(C=CCO)c2)cc1. The van der Waals surface area contributed by atoms with Crippen molar-refractivity contribution >= 4 is 23.4 Å². The van der Waals surface area contributed by atoms with Gasteiger partial charge in [-0.25, -0.2) is 0 Å². The summed E-state index contributed by atoms with van der Waals surface area (Å²) in [7, 11) is 0. The van der Waals surface area contributed by atoms with E-state index in [0.29, 0.717) is 16.9 Å². The van der Waals surface area contributed by atoms with Crippen molar-refractivity contribution in [2.75, 3.05) is 17.7 Å². The van der Waals surface area contributed by atoms with E-state index in [4.69, 9.17) is 10.8 Å². The highest BCUT2D eigenvalue weighted by Crippen LogP contribution is 2.14. The molecule has 0 radical (unpaired) electrons. The molecule has 0 saturated carbocycles. The number of carbonyl (C=O) groups is 1. The molecule has 0 atom stereocenters. The van der Waals surface area contributed by atoms with Gasteiger partial charge in [0.15, 0.2) is 0 Å². The zero-order chi connectivity index (χ0) is 14.4. The monoisotopic (exact) mass is 268 g/mol. The number of rotatable bonds is 4. The number of hydrogen-bond acceptors (Lipinski definition) is 3. The van der Waals surface area contributed by atoms with Crippen molar-refractivity contribution in [1.82, 2.24) is 0 Å². The lowest BCUT2D eigenvalue weighted by molar-refractivity contribution is 0.102. The van der Waals surface area contributed by atoms with Crippen LogP contribution in [0.25, 0.3) is 6.08 Å². The van der Waals surface area contributed by atoms with E-state index >= 15 is 0 Å². The molecule has 0 spiro atoms. The summed E-state index contributed by atoms with van der Waals surface area (Å²) >= 11 is 0. The van der Waals surface area contributed by atoms with Crippen LogP contribution in [-0.4, -0.2) is 17.6 Å². The van der Waals surface area contributed by atoms with Crippen LogP contribution in [0.15, 0.2) is 54.6 Å². The second kappa shape index (κ2) is 6.54. The average molecular weight is 268 g/mol. The van der Waals surface area contributed by atoms with Gasteiger partial charge >= 0.3 is 0 Å². The van der Waals surface area contributed by atoms with E-state index in [0.717, 1.165) is 5.56 Å². The molecule has 0 aliphatic rings. The molecular formula is C16H16N2O2. The molecule has 2 rings (SSSR count). The normalized spacial score (nSPS) is 10.7. The second-order valence-corrected chi connectivity index (χ2v) is 4.29. The Balaban J connectivity index is 2.11. The van der Waals surface area contributed by atoms with Gasteiger partial charge in [-0.2, -0.15) is 0 Å². The van der Waals surface area contributed by atoms with Gasteiger partial charge in [-0.15, -0.1) is 0 Å². The van der Waals surface area contributed by atoms with Crippen molar-refractivity contribution < 1.29 is 9.90 Å². The van der Waals surface area contributed by atoms with Gasteiger partial charge in [0.05, 0.1) is 6.61 Å². The van der Waals surface area contributed by atoms with Gasteiger partial charge in [0.2, 0.25) is 0 Å². The van der Waals surface area contributed by atoms with Gasteiger partial charge in [-0.1, -0.05) is 24.3 Å². The fourth-order valence-electron chi connectivity index (χ4n) is 1.75. The predicted octanol–water partition coefficient (Wildman–Crippen LogP) is 2.53. The van der Waals surface area contributed by atoms with Gasteiger partial charge < -0.3 is 16.2 Å². The van der Waals surface area contributed by atoms with Gasteiger partial charge in [0, 0.05) is 16.9 Å². The largest absolute Gasteiger partial charge is 0.399 e. The number of hydrogen-bond donors (Lipinski definition) is 3. The van der Waals surface area contributed by atoms with Crippen LogP contribution in [0.5, 0.6) is 0 Å². The highest BCUT2D eigenvalue weighted by Gasteiger charge is 2.05. The van der Waals surface area contributed by atoms with E-state index < -0.39 is 0 Å². The summed E-state index contributed by atoms with van der Waals surface area (Å²) in [5.41, 5.74) is 8.37. The first-order chi connectivity index (χ1) is 9.69. The third kappa shape index (κ3) is 3.70. The predicted molar refractivity (Wildman–Crippen MR) is 81.4 cm³/mol. The lowest BCUT2D eigenvalue weighted by Crippen LogP contribution is -2.11. The standard InChI is InChI=1S/C16H16N2O2/c17-14-8-6-13(7-9-14)16(20)18-15-5-1-3-12(11-15)4-2-10-19/h1-9,11,19H,10,17H2,(H,18,20). The van der Waals surface area contributed by atoms with Crippen molar-refractivity contribution in [1.29, 1.82) is 0 Å². The Morgan fingerprint density at radius 3 is 2.65 bits per heavy atom. The minimum atomic E-state index is -0.187. The molecule has 20 heavy (non-hydrogen) atoms. The Labute approximate surface area is 117 Å². The Hall–Kier alpha value is -2.59. The van der Waals surface area contributed by atoms with E-state index in [1.807, 2.05) is 24.3 Å². The van der Waals surface area contributed by atoms with E-state index in [1.165, 1.54) is 0 Å². The average Bonchev–Trinajstić information content (AvgIpc) is 2.46. The zero-order valence-electron chi connectivity index (χ0n) is 10.9. The van der Waals surface area contributed by atoms with Crippen LogP contribution < -0.4 is 11.1 Å². The number of nitrogens with one attached hydrogen (secondary N) is 1. The molecule has 0 unspecified atom stereocenters. The number of carbonyl (C=O) groups excluding carboxylic acids is 1. The lowest BCUT2D eigenvalue weighted by Gasteiger charge is -2.06. The summed E-state index contributed by atoms with van der Waals surface area (Å²) in [6.45, 7) is -0.0119. The van der Waals surface area contributed by atoms with E-state index in [1.54, 1.807) is 36.4 Å². The van der Waals surface area contributed by atoms with Gasteiger partial charge in [0.25, 0.3) is 5.91 Å². The molecule has 0 fully saturated rings. The Morgan fingerprint density at radius 1 is 1.20 bits per heavy atom. The summed E-state index contributed by atoms with van der Waals surface area (Å²) in [5, 5.41) is 11.6. The molecule has 4 heteroatoms. The first kappa shape index (κ1) is 13.8. The maximum absolute atomic E-state index is 12.0.